The molecule has 0 aromatic heterocycles. The number of amides is 1. The fraction of sp³-hybridized carbons (Fsp3) is 0.350. The van der Waals surface area contributed by atoms with Crippen LogP contribution in [0.3, 0.4) is 0 Å². The van der Waals surface area contributed by atoms with E-state index in [1.54, 1.807) is 51.3 Å². The van der Waals surface area contributed by atoms with E-state index in [9.17, 15) is 13.2 Å². The molecule has 0 saturated heterocycles. The first kappa shape index (κ1) is 21.4. The highest BCUT2D eigenvalue weighted by atomic mass is 35.5. The fourth-order valence-electron chi connectivity index (χ4n) is 2.58. The number of methoxy groups -OCH3 is 1. The van der Waals surface area contributed by atoms with E-state index in [-0.39, 0.29) is 23.3 Å². The second kappa shape index (κ2) is 9.35. The number of rotatable bonds is 8. The van der Waals surface area contributed by atoms with Crippen LogP contribution in [-0.2, 0) is 25.8 Å². The third-order valence-electron chi connectivity index (χ3n) is 4.26. The van der Waals surface area contributed by atoms with Crippen molar-refractivity contribution >= 4 is 27.3 Å². The highest BCUT2D eigenvalue weighted by Gasteiger charge is 2.19. The minimum absolute atomic E-state index is 0.154. The van der Waals surface area contributed by atoms with Gasteiger partial charge in [0, 0.05) is 24.2 Å². The Morgan fingerprint density at radius 1 is 1.11 bits per heavy atom. The number of nitrogens with one attached hydrogen (secondary N) is 1. The van der Waals surface area contributed by atoms with Crippen molar-refractivity contribution in [3.8, 4) is 0 Å². The topological polar surface area (TPSA) is 72.5 Å². The van der Waals surface area contributed by atoms with E-state index in [1.807, 2.05) is 18.2 Å². The van der Waals surface area contributed by atoms with Crippen molar-refractivity contribution < 1.29 is 17.9 Å². The summed E-state index contributed by atoms with van der Waals surface area (Å²) in [6.45, 7) is 3.57. The first-order chi connectivity index (χ1) is 12.8. The molecule has 1 N–H and O–H groups in total. The van der Waals surface area contributed by atoms with Gasteiger partial charge < -0.3 is 10.1 Å². The Morgan fingerprint density at radius 3 is 2.30 bits per heavy atom. The number of benzene rings is 2. The molecular weight excluding hydrogens is 386 g/mol. The first-order valence-corrected chi connectivity index (χ1v) is 10.5. The van der Waals surface area contributed by atoms with Gasteiger partial charge in [0.2, 0.25) is 5.91 Å². The lowest BCUT2D eigenvalue weighted by molar-refractivity contribution is -0.121. The molecule has 1 atom stereocenters. The third-order valence-corrected chi connectivity index (χ3v) is 6.77. The van der Waals surface area contributed by atoms with Gasteiger partial charge in [0.25, 0.3) is 0 Å². The molecule has 0 spiro atoms. The monoisotopic (exact) mass is 409 g/mol. The zero-order valence-electron chi connectivity index (χ0n) is 15.6. The molecule has 0 saturated carbocycles. The first-order valence-electron chi connectivity index (χ1n) is 8.62. The molecule has 0 bridgehead atoms. The van der Waals surface area contributed by atoms with E-state index < -0.39 is 15.1 Å². The summed E-state index contributed by atoms with van der Waals surface area (Å²) in [5.74, 6) is -0.177. The van der Waals surface area contributed by atoms with Crippen LogP contribution in [0.4, 0.5) is 0 Å². The number of carbonyl (C=O) groups is 1. The number of carbonyl (C=O) groups excluding carboxylic acids is 1. The van der Waals surface area contributed by atoms with Crippen molar-refractivity contribution in [1.82, 2.24) is 5.32 Å². The lowest BCUT2D eigenvalue weighted by Crippen LogP contribution is -2.30. The molecule has 0 aliphatic rings. The summed E-state index contributed by atoms with van der Waals surface area (Å²) in [4.78, 5) is 12.5. The molecule has 0 aliphatic carbocycles. The van der Waals surface area contributed by atoms with Crippen molar-refractivity contribution in [1.29, 1.82) is 0 Å². The summed E-state index contributed by atoms with van der Waals surface area (Å²) in [6.07, 6.45) is -0.192. The van der Waals surface area contributed by atoms with Crippen molar-refractivity contribution in [2.45, 2.75) is 36.5 Å². The number of halogens is 1. The molecule has 2 aromatic rings. The normalized spacial score (nSPS) is 12.8. The summed E-state index contributed by atoms with van der Waals surface area (Å²) in [5.41, 5.74) is 1.55. The van der Waals surface area contributed by atoms with Crippen LogP contribution in [0.1, 0.15) is 31.1 Å². The summed E-state index contributed by atoms with van der Waals surface area (Å²) in [5, 5.41) is 2.93. The third kappa shape index (κ3) is 5.54. The molecule has 2 aromatic carbocycles. The Kier molecular flexibility index (Phi) is 7.41. The maximum atomic E-state index is 12.2. The highest BCUT2D eigenvalue weighted by molar-refractivity contribution is 7.92. The molecule has 146 valence electrons. The molecule has 27 heavy (non-hydrogen) atoms. The predicted octanol–water partition coefficient (Wildman–Crippen LogP) is 3.57. The summed E-state index contributed by atoms with van der Waals surface area (Å²) >= 11 is 6.17. The van der Waals surface area contributed by atoms with Gasteiger partial charge in [-0.15, -0.1) is 0 Å². The number of ether oxygens (including phenoxy) is 1. The van der Waals surface area contributed by atoms with Crippen molar-refractivity contribution in [3.63, 3.8) is 0 Å². The second-order valence-corrected chi connectivity index (χ2v) is 9.38. The van der Waals surface area contributed by atoms with Gasteiger partial charge in [-0.2, -0.15) is 0 Å². The van der Waals surface area contributed by atoms with Crippen LogP contribution >= 0.6 is 11.6 Å². The Hall–Kier alpha value is -1.89. The summed E-state index contributed by atoms with van der Waals surface area (Å²) < 4.78 is 29.7. The molecule has 7 heteroatoms. The Bertz CT molecular complexity index is 879. The summed E-state index contributed by atoms with van der Waals surface area (Å²) in [6, 6.07) is 13.7. The Balaban J connectivity index is 1.96. The fourth-order valence-corrected chi connectivity index (χ4v) is 3.90. The zero-order chi connectivity index (χ0) is 20.0. The van der Waals surface area contributed by atoms with Crippen molar-refractivity contribution in [3.05, 3.63) is 64.7 Å². The van der Waals surface area contributed by atoms with Crippen LogP contribution in [-0.4, -0.2) is 33.2 Å². The van der Waals surface area contributed by atoms with Gasteiger partial charge in [0.05, 0.1) is 16.6 Å². The number of sulfone groups is 1. The maximum absolute atomic E-state index is 12.2. The lowest BCUT2D eigenvalue weighted by Gasteiger charge is -2.18. The van der Waals surface area contributed by atoms with Gasteiger partial charge in [-0.3, -0.25) is 4.79 Å². The SMILES string of the molecule is CO[C@H](CNC(=O)Cc1ccc(S(=O)(=O)C(C)C)cc1)c1ccccc1Cl. The average Bonchev–Trinajstić information content (AvgIpc) is 2.64. The predicted molar refractivity (Wildman–Crippen MR) is 107 cm³/mol. The van der Waals surface area contributed by atoms with Gasteiger partial charge in [-0.1, -0.05) is 41.9 Å². The van der Waals surface area contributed by atoms with Crippen LogP contribution in [0.25, 0.3) is 0 Å². The quantitative estimate of drug-likeness (QED) is 0.723. The highest BCUT2D eigenvalue weighted by Crippen LogP contribution is 2.24. The smallest absolute Gasteiger partial charge is 0.224 e. The number of hydrogen-bond acceptors (Lipinski definition) is 4. The van der Waals surface area contributed by atoms with E-state index in [0.717, 1.165) is 11.1 Å². The van der Waals surface area contributed by atoms with E-state index in [2.05, 4.69) is 5.32 Å². The molecule has 0 unspecified atom stereocenters. The van der Waals surface area contributed by atoms with E-state index in [0.29, 0.717) is 11.6 Å². The van der Waals surface area contributed by atoms with Gasteiger partial charge in [0.1, 0.15) is 6.10 Å². The van der Waals surface area contributed by atoms with Crippen LogP contribution in [0, 0.1) is 0 Å². The summed E-state index contributed by atoms with van der Waals surface area (Å²) in [7, 11) is -1.75. The van der Waals surface area contributed by atoms with Crippen LogP contribution in [0.15, 0.2) is 53.4 Å². The molecule has 2 rings (SSSR count). The average molecular weight is 410 g/mol. The van der Waals surface area contributed by atoms with Gasteiger partial charge >= 0.3 is 0 Å². The van der Waals surface area contributed by atoms with Gasteiger partial charge in [-0.05, 0) is 37.6 Å². The van der Waals surface area contributed by atoms with Crippen LogP contribution in [0.2, 0.25) is 5.02 Å². The van der Waals surface area contributed by atoms with E-state index in [4.69, 9.17) is 16.3 Å². The minimum Gasteiger partial charge on any atom is -0.375 e. The second-order valence-electron chi connectivity index (χ2n) is 6.46. The molecule has 0 aliphatic heterocycles. The Labute approximate surface area is 165 Å². The lowest BCUT2D eigenvalue weighted by atomic mass is 10.1. The zero-order valence-corrected chi connectivity index (χ0v) is 17.2. The largest absolute Gasteiger partial charge is 0.375 e. The van der Waals surface area contributed by atoms with E-state index in [1.165, 1.54) is 0 Å². The van der Waals surface area contributed by atoms with Crippen molar-refractivity contribution in [2.24, 2.45) is 0 Å². The number of hydrogen-bond donors (Lipinski definition) is 1. The molecule has 0 radical (unpaired) electrons. The molecule has 0 fully saturated rings. The standard InChI is InChI=1S/C20H24ClNO4S/c1-14(2)27(24,25)16-10-8-15(9-11-16)12-20(23)22-13-19(26-3)17-6-4-5-7-18(17)21/h4-11,14,19H,12-13H2,1-3H3,(H,22,23)/t19-/m1/s1. The van der Waals surface area contributed by atoms with Crippen molar-refractivity contribution in [2.75, 3.05) is 13.7 Å². The van der Waals surface area contributed by atoms with Crippen LogP contribution < -0.4 is 5.32 Å². The molecule has 0 heterocycles. The maximum Gasteiger partial charge on any atom is 0.224 e. The Morgan fingerprint density at radius 2 is 1.74 bits per heavy atom. The molecular formula is C20H24ClNO4S. The molecule has 5 nitrogen and oxygen atoms in total. The van der Waals surface area contributed by atoms with Crippen LogP contribution in [0.5, 0.6) is 0 Å². The van der Waals surface area contributed by atoms with Gasteiger partial charge in [-0.25, -0.2) is 8.42 Å². The molecule has 1 amide bonds. The van der Waals surface area contributed by atoms with Gasteiger partial charge in [0.15, 0.2) is 9.84 Å². The minimum atomic E-state index is -3.31. The van der Waals surface area contributed by atoms with E-state index >= 15 is 0 Å².